The summed E-state index contributed by atoms with van der Waals surface area (Å²) in [5, 5.41) is 10.4. The Morgan fingerprint density at radius 3 is 2.11 bits per heavy atom. The van der Waals surface area contributed by atoms with Crippen LogP contribution in [0.25, 0.3) is 0 Å². The van der Waals surface area contributed by atoms with Gasteiger partial charge in [0, 0.05) is 20.8 Å². The highest BCUT2D eigenvalue weighted by molar-refractivity contribution is 5.67. The van der Waals surface area contributed by atoms with Crippen LogP contribution in [-0.4, -0.2) is 60.3 Å². The van der Waals surface area contributed by atoms with Gasteiger partial charge in [-0.2, -0.15) is 0 Å². The summed E-state index contributed by atoms with van der Waals surface area (Å²) in [7, 11) is 0. The monoisotopic (exact) mass is 396 g/mol. The molecule has 0 aliphatic carbocycles. The highest BCUT2D eigenvalue weighted by Crippen LogP contribution is 2.28. The number of benzene rings is 1. The van der Waals surface area contributed by atoms with E-state index in [0.29, 0.717) is 0 Å². The fourth-order valence-corrected chi connectivity index (χ4v) is 2.83. The molecule has 1 aliphatic rings. The van der Waals surface area contributed by atoms with E-state index in [2.05, 4.69) is 0 Å². The van der Waals surface area contributed by atoms with Crippen molar-refractivity contribution in [2.24, 2.45) is 0 Å². The van der Waals surface area contributed by atoms with Gasteiger partial charge in [-0.1, -0.05) is 30.3 Å². The van der Waals surface area contributed by atoms with Gasteiger partial charge in [0.1, 0.15) is 18.8 Å². The molecule has 0 unspecified atom stereocenters. The zero-order valence-corrected chi connectivity index (χ0v) is 15.9. The lowest BCUT2D eigenvalue weighted by Crippen LogP contribution is -2.62. The van der Waals surface area contributed by atoms with Crippen LogP contribution in [0.3, 0.4) is 0 Å². The van der Waals surface area contributed by atoms with Crippen LogP contribution in [0.2, 0.25) is 0 Å². The second-order valence-corrected chi connectivity index (χ2v) is 6.28. The van der Waals surface area contributed by atoms with Gasteiger partial charge >= 0.3 is 17.9 Å². The van der Waals surface area contributed by atoms with Crippen LogP contribution in [0.4, 0.5) is 0 Å². The van der Waals surface area contributed by atoms with Crippen molar-refractivity contribution in [3.8, 4) is 0 Å². The zero-order chi connectivity index (χ0) is 20.7. The topological polar surface area (TPSA) is 118 Å². The maximum absolute atomic E-state index is 11.6. The minimum absolute atomic E-state index is 0.102. The SMILES string of the molecule is CC(=O)OC[C@H]1O[C@@H](O)[C@H](OCc2ccccc2)[C@@H](OC(C)=O)[C@H]1OC(C)=O. The van der Waals surface area contributed by atoms with Crippen molar-refractivity contribution in [2.75, 3.05) is 6.61 Å². The first kappa shape index (κ1) is 21.8. The molecule has 9 nitrogen and oxygen atoms in total. The van der Waals surface area contributed by atoms with Gasteiger partial charge in [0.2, 0.25) is 0 Å². The van der Waals surface area contributed by atoms with Gasteiger partial charge in [-0.15, -0.1) is 0 Å². The molecule has 1 fully saturated rings. The van der Waals surface area contributed by atoms with Gasteiger partial charge < -0.3 is 28.8 Å². The van der Waals surface area contributed by atoms with Gasteiger partial charge in [0.25, 0.3) is 0 Å². The molecule has 1 saturated heterocycles. The summed E-state index contributed by atoms with van der Waals surface area (Å²) in [6.07, 6.45) is -5.95. The lowest BCUT2D eigenvalue weighted by atomic mass is 9.98. The van der Waals surface area contributed by atoms with E-state index in [1.54, 1.807) is 0 Å². The third-order valence-electron chi connectivity index (χ3n) is 3.95. The van der Waals surface area contributed by atoms with Crippen molar-refractivity contribution < 1.29 is 43.2 Å². The van der Waals surface area contributed by atoms with Crippen molar-refractivity contribution in [2.45, 2.75) is 58.1 Å². The molecule has 1 aromatic carbocycles. The molecule has 0 amide bonds. The Bertz CT molecular complexity index is 675. The molecular formula is C19H24O9. The van der Waals surface area contributed by atoms with Crippen LogP contribution in [0.1, 0.15) is 26.3 Å². The molecule has 9 heteroatoms. The quantitative estimate of drug-likeness (QED) is 0.525. The van der Waals surface area contributed by atoms with Gasteiger partial charge in [0.15, 0.2) is 18.5 Å². The fourth-order valence-electron chi connectivity index (χ4n) is 2.83. The Labute approximate surface area is 162 Å². The summed E-state index contributed by atoms with van der Waals surface area (Å²) in [6, 6.07) is 9.15. The molecule has 0 aromatic heterocycles. The van der Waals surface area contributed by atoms with Crippen LogP contribution in [-0.2, 0) is 44.7 Å². The van der Waals surface area contributed by atoms with E-state index in [9.17, 15) is 19.5 Å². The number of rotatable bonds is 7. The summed E-state index contributed by atoms with van der Waals surface area (Å²) < 4.78 is 26.6. The Kier molecular flexibility index (Phi) is 7.91. The first-order chi connectivity index (χ1) is 13.3. The summed E-state index contributed by atoms with van der Waals surface area (Å²) >= 11 is 0. The molecule has 0 bridgehead atoms. The molecule has 1 heterocycles. The Morgan fingerprint density at radius 1 is 0.929 bits per heavy atom. The molecule has 0 radical (unpaired) electrons. The fraction of sp³-hybridized carbons (Fsp3) is 0.526. The number of esters is 3. The first-order valence-electron chi connectivity index (χ1n) is 8.74. The smallest absolute Gasteiger partial charge is 0.303 e. The Hall–Kier alpha value is -2.49. The van der Waals surface area contributed by atoms with Gasteiger partial charge in [-0.05, 0) is 5.56 Å². The second-order valence-electron chi connectivity index (χ2n) is 6.28. The molecule has 1 aromatic rings. The number of hydrogen-bond donors (Lipinski definition) is 1. The summed E-state index contributed by atoms with van der Waals surface area (Å²) in [4.78, 5) is 34.3. The number of carbonyl (C=O) groups is 3. The molecule has 1 aliphatic heterocycles. The van der Waals surface area contributed by atoms with Gasteiger partial charge in [-0.3, -0.25) is 14.4 Å². The van der Waals surface area contributed by atoms with E-state index in [1.165, 1.54) is 20.8 Å². The number of ether oxygens (including phenoxy) is 5. The van der Waals surface area contributed by atoms with Crippen molar-refractivity contribution >= 4 is 17.9 Å². The Morgan fingerprint density at radius 2 is 1.54 bits per heavy atom. The van der Waals surface area contributed by atoms with E-state index in [1.807, 2.05) is 30.3 Å². The van der Waals surface area contributed by atoms with Crippen molar-refractivity contribution in [3.63, 3.8) is 0 Å². The molecule has 1 N–H and O–H groups in total. The highest BCUT2D eigenvalue weighted by Gasteiger charge is 2.50. The summed E-state index contributed by atoms with van der Waals surface area (Å²) in [6.45, 7) is 3.37. The van der Waals surface area contributed by atoms with Crippen LogP contribution in [0.5, 0.6) is 0 Å². The molecular weight excluding hydrogens is 372 g/mol. The average Bonchev–Trinajstić information content (AvgIpc) is 2.62. The normalized spacial score (nSPS) is 26.9. The number of aliphatic hydroxyl groups is 1. The number of carbonyl (C=O) groups excluding carboxylic acids is 3. The van der Waals surface area contributed by atoms with E-state index in [0.717, 1.165) is 5.56 Å². The average molecular weight is 396 g/mol. The molecule has 154 valence electrons. The molecule has 5 atom stereocenters. The standard InChI is InChI=1S/C19H24O9/c1-11(20)24-10-15-16(26-12(2)21)17(27-13(3)22)18(19(23)28-15)25-9-14-7-5-4-6-8-14/h4-8,15-19,23H,9-10H2,1-3H3/t15-,16+,17+,18-,19-/m1/s1. The van der Waals surface area contributed by atoms with Crippen LogP contribution in [0, 0.1) is 0 Å². The number of hydrogen-bond acceptors (Lipinski definition) is 9. The van der Waals surface area contributed by atoms with Crippen LogP contribution >= 0.6 is 0 Å². The summed E-state index contributed by atoms with van der Waals surface area (Å²) in [5.41, 5.74) is 0.822. The predicted octanol–water partition coefficient (Wildman–Crippen LogP) is 0.715. The van der Waals surface area contributed by atoms with E-state index in [4.69, 9.17) is 23.7 Å². The van der Waals surface area contributed by atoms with Crippen LogP contribution in [0.15, 0.2) is 30.3 Å². The molecule has 0 saturated carbocycles. The first-order valence-corrected chi connectivity index (χ1v) is 8.74. The van der Waals surface area contributed by atoms with Gasteiger partial charge in [-0.25, -0.2) is 0 Å². The minimum Gasteiger partial charge on any atom is -0.463 e. The summed E-state index contributed by atoms with van der Waals surface area (Å²) in [5.74, 6) is -1.89. The molecule has 28 heavy (non-hydrogen) atoms. The van der Waals surface area contributed by atoms with E-state index < -0.39 is 48.6 Å². The molecule has 2 rings (SSSR count). The molecule has 0 spiro atoms. The minimum atomic E-state index is -1.50. The predicted molar refractivity (Wildman–Crippen MR) is 93.6 cm³/mol. The van der Waals surface area contributed by atoms with Crippen molar-refractivity contribution in [1.82, 2.24) is 0 Å². The Balaban J connectivity index is 2.22. The number of aliphatic hydroxyl groups excluding tert-OH is 1. The third-order valence-corrected chi connectivity index (χ3v) is 3.95. The van der Waals surface area contributed by atoms with E-state index >= 15 is 0 Å². The maximum atomic E-state index is 11.6. The second kappa shape index (κ2) is 10.2. The highest BCUT2D eigenvalue weighted by atomic mass is 16.7. The lowest BCUT2D eigenvalue weighted by molar-refractivity contribution is -0.303. The van der Waals surface area contributed by atoms with Gasteiger partial charge in [0.05, 0.1) is 6.61 Å². The zero-order valence-electron chi connectivity index (χ0n) is 15.9. The lowest BCUT2D eigenvalue weighted by Gasteiger charge is -2.43. The van der Waals surface area contributed by atoms with Crippen molar-refractivity contribution in [3.05, 3.63) is 35.9 Å². The largest absolute Gasteiger partial charge is 0.463 e. The van der Waals surface area contributed by atoms with Crippen molar-refractivity contribution in [1.29, 1.82) is 0 Å². The third kappa shape index (κ3) is 6.29. The van der Waals surface area contributed by atoms with Crippen LogP contribution < -0.4 is 0 Å². The maximum Gasteiger partial charge on any atom is 0.303 e. The van der Waals surface area contributed by atoms with E-state index in [-0.39, 0.29) is 13.2 Å².